The number of ether oxygens (including phenoxy) is 2. The maximum atomic E-state index is 12.2. The largest absolute Gasteiger partial charge is 0.394 e. The molecule has 1 aliphatic heterocycles. The van der Waals surface area contributed by atoms with Gasteiger partial charge in [-0.1, -0.05) is 46.3 Å². The molecule has 0 aromatic rings. The Kier molecular flexibility index (Phi) is 9.35. The van der Waals surface area contributed by atoms with Crippen LogP contribution in [-0.2, 0) is 9.47 Å². The SMILES string of the molecule is CC(C)=CCC[C@@](C)(O[C@@H]1O[C@H](CO)[C@@H](O)[C@H](O)[C@H]1O)[C@H]1CC[C@]2(C)[C@@H]1[C@H](O)CC1[C@@]3(C)CC[C@H](O)C(C)(C)[C@@H]3CC[C@]12C. The van der Waals surface area contributed by atoms with Crippen LogP contribution >= 0.6 is 0 Å². The molecule has 5 aliphatic rings. The Bertz CT molecular complexity index is 1070. The second kappa shape index (κ2) is 11.8. The lowest BCUT2D eigenvalue weighted by Gasteiger charge is -2.70. The normalized spacial score (nSPS) is 51.5. The molecule has 1 unspecified atom stereocenters. The fraction of sp³-hybridized carbons (Fsp3) is 0.944. The molecule has 0 aromatic heterocycles. The van der Waals surface area contributed by atoms with Crippen molar-refractivity contribution >= 4 is 0 Å². The first-order chi connectivity index (χ1) is 20.4. The van der Waals surface area contributed by atoms with Gasteiger partial charge in [0.25, 0.3) is 0 Å². The molecule has 5 rings (SSSR count). The zero-order valence-corrected chi connectivity index (χ0v) is 28.5. The fourth-order valence-corrected chi connectivity index (χ4v) is 11.8. The molecule has 1 saturated heterocycles. The third kappa shape index (κ3) is 5.17. The molecule has 0 bridgehead atoms. The third-order valence-corrected chi connectivity index (χ3v) is 14.6. The van der Waals surface area contributed by atoms with E-state index in [1.165, 1.54) is 5.57 Å². The van der Waals surface area contributed by atoms with Gasteiger partial charge in [0.2, 0.25) is 0 Å². The summed E-state index contributed by atoms with van der Waals surface area (Å²) in [5.41, 5.74) is 0.171. The molecule has 0 aromatic carbocycles. The quantitative estimate of drug-likeness (QED) is 0.231. The molecule has 8 heteroatoms. The van der Waals surface area contributed by atoms with Crippen LogP contribution in [0.5, 0.6) is 0 Å². The first kappa shape index (κ1) is 34.7. The minimum absolute atomic E-state index is 0.0131. The molecule has 254 valence electrons. The van der Waals surface area contributed by atoms with E-state index in [4.69, 9.17) is 9.47 Å². The van der Waals surface area contributed by atoms with Gasteiger partial charge in [-0.15, -0.1) is 0 Å². The van der Waals surface area contributed by atoms with Crippen LogP contribution in [0.15, 0.2) is 11.6 Å². The zero-order valence-electron chi connectivity index (χ0n) is 28.5. The van der Waals surface area contributed by atoms with E-state index in [1.807, 2.05) is 0 Å². The van der Waals surface area contributed by atoms with Gasteiger partial charge in [0.1, 0.15) is 24.4 Å². The van der Waals surface area contributed by atoms with Crippen molar-refractivity contribution in [3.05, 3.63) is 11.6 Å². The molecule has 5 fully saturated rings. The van der Waals surface area contributed by atoms with E-state index in [1.54, 1.807) is 0 Å². The van der Waals surface area contributed by atoms with E-state index >= 15 is 0 Å². The molecular formula is C36H62O8. The Morgan fingerprint density at radius 2 is 1.52 bits per heavy atom. The molecule has 15 atom stereocenters. The van der Waals surface area contributed by atoms with Crippen molar-refractivity contribution in [2.45, 2.75) is 162 Å². The highest BCUT2D eigenvalue weighted by Crippen LogP contribution is 2.76. The van der Waals surface area contributed by atoms with Crippen LogP contribution in [-0.4, -0.2) is 85.8 Å². The van der Waals surface area contributed by atoms with Crippen LogP contribution in [0.2, 0.25) is 0 Å². The summed E-state index contributed by atoms with van der Waals surface area (Å²) in [6.45, 7) is 17.5. The summed E-state index contributed by atoms with van der Waals surface area (Å²) in [4.78, 5) is 0. The van der Waals surface area contributed by atoms with Gasteiger partial charge >= 0.3 is 0 Å². The second-order valence-corrected chi connectivity index (χ2v) is 17.3. The standard InChI is InChI=1S/C36H62O8/c1-20(2)10-9-14-36(8,44-31-30(42)29(41)28(40)23(19-37)43-31)21-11-16-35(7)27(21)22(38)18-25-33(5)15-13-26(39)32(3,4)24(33)12-17-34(25,35)6/h10,21-31,37-42H,9,11-19H2,1-8H3/t21-,22+,23+,24-,25?,26-,27-,28+,29-,30+,31-,33-,34+,35+,36+/m0/s1. The van der Waals surface area contributed by atoms with E-state index in [9.17, 15) is 30.6 Å². The van der Waals surface area contributed by atoms with Crippen LogP contribution in [0.3, 0.4) is 0 Å². The molecule has 0 spiro atoms. The number of hydrogen-bond acceptors (Lipinski definition) is 8. The van der Waals surface area contributed by atoms with Crippen molar-refractivity contribution in [1.29, 1.82) is 0 Å². The van der Waals surface area contributed by atoms with E-state index in [0.717, 1.165) is 51.4 Å². The molecule has 0 radical (unpaired) electrons. The van der Waals surface area contributed by atoms with Crippen LogP contribution in [0.1, 0.15) is 113 Å². The molecule has 0 amide bonds. The van der Waals surface area contributed by atoms with Gasteiger partial charge in [-0.2, -0.15) is 0 Å². The lowest BCUT2D eigenvalue weighted by Crippen LogP contribution is -2.67. The van der Waals surface area contributed by atoms with Gasteiger partial charge in [-0.05, 0) is 124 Å². The minimum Gasteiger partial charge on any atom is -0.394 e. The Morgan fingerprint density at radius 1 is 0.864 bits per heavy atom. The van der Waals surface area contributed by atoms with E-state index in [-0.39, 0.29) is 39.6 Å². The monoisotopic (exact) mass is 622 g/mol. The van der Waals surface area contributed by atoms with Crippen molar-refractivity contribution in [3.8, 4) is 0 Å². The number of allylic oxidation sites excluding steroid dienone is 2. The molecule has 6 N–H and O–H groups in total. The highest BCUT2D eigenvalue weighted by Gasteiger charge is 2.71. The Hall–Kier alpha value is -0.580. The van der Waals surface area contributed by atoms with Crippen molar-refractivity contribution in [3.63, 3.8) is 0 Å². The Balaban J connectivity index is 1.49. The van der Waals surface area contributed by atoms with Crippen LogP contribution in [0.4, 0.5) is 0 Å². The van der Waals surface area contributed by atoms with Gasteiger partial charge in [0.15, 0.2) is 6.29 Å². The molecule has 4 aliphatic carbocycles. The first-order valence-corrected chi connectivity index (χ1v) is 17.3. The molecule has 44 heavy (non-hydrogen) atoms. The smallest absolute Gasteiger partial charge is 0.187 e. The molecule has 4 saturated carbocycles. The molecule has 1 heterocycles. The van der Waals surface area contributed by atoms with Crippen molar-refractivity contribution in [2.24, 2.45) is 45.3 Å². The Morgan fingerprint density at radius 3 is 2.16 bits per heavy atom. The first-order valence-electron chi connectivity index (χ1n) is 17.3. The summed E-state index contributed by atoms with van der Waals surface area (Å²) in [5, 5.41) is 65.0. The molecule has 8 nitrogen and oxygen atoms in total. The fourth-order valence-electron chi connectivity index (χ4n) is 11.8. The van der Waals surface area contributed by atoms with Crippen molar-refractivity contribution < 1.29 is 40.1 Å². The predicted molar refractivity (Wildman–Crippen MR) is 168 cm³/mol. The molecular weight excluding hydrogens is 560 g/mol. The zero-order chi connectivity index (χ0) is 32.6. The number of aliphatic hydroxyl groups excluding tert-OH is 6. The number of hydrogen-bond donors (Lipinski definition) is 6. The van der Waals surface area contributed by atoms with Gasteiger partial charge < -0.3 is 40.1 Å². The predicted octanol–water partition coefficient (Wildman–Crippen LogP) is 4.32. The average Bonchev–Trinajstić information content (AvgIpc) is 3.33. The number of fused-ring (bicyclic) bond motifs is 5. The third-order valence-electron chi connectivity index (χ3n) is 14.6. The summed E-state index contributed by atoms with van der Waals surface area (Å²) in [6.07, 6.45) is 2.60. The van der Waals surface area contributed by atoms with Crippen molar-refractivity contribution in [2.75, 3.05) is 6.61 Å². The summed E-state index contributed by atoms with van der Waals surface area (Å²) in [5.74, 6) is 0.713. The van der Waals surface area contributed by atoms with Gasteiger partial charge in [-0.3, -0.25) is 0 Å². The lowest BCUT2D eigenvalue weighted by atomic mass is 9.35. The summed E-state index contributed by atoms with van der Waals surface area (Å²) in [6, 6.07) is 0. The van der Waals surface area contributed by atoms with Gasteiger partial charge in [0, 0.05) is 0 Å². The van der Waals surface area contributed by atoms with Crippen LogP contribution in [0, 0.1) is 45.3 Å². The van der Waals surface area contributed by atoms with E-state index in [2.05, 4.69) is 61.5 Å². The second-order valence-electron chi connectivity index (χ2n) is 17.3. The lowest BCUT2D eigenvalue weighted by molar-refractivity contribution is -0.336. The van der Waals surface area contributed by atoms with Gasteiger partial charge in [-0.25, -0.2) is 0 Å². The average molecular weight is 623 g/mol. The van der Waals surface area contributed by atoms with Crippen LogP contribution < -0.4 is 0 Å². The highest BCUT2D eigenvalue weighted by atomic mass is 16.7. The summed E-state index contributed by atoms with van der Waals surface area (Å²) < 4.78 is 12.6. The maximum absolute atomic E-state index is 12.2. The minimum atomic E-state index is -1.50. The summed E-state index contributed by atoms with van der Waals surface area (Å²) in [7, 11) is 0. The highest BCUT2D eigenvalue weighted by molar-refractivity contribution is 5.20. The summed E-state index contributed by atoms with van der Waals surface area (Å²) >= 11 is 0. The van der Waals surface area contributed by atoms with E-state index < -0.39 is 49.0 Å². The topological polar surface area (TPSA) is 140 Å². The Labute approximate surface area is 265 Å². The number of rotatable bonds is 7. The van der Waals surface area contributed by atoms with Crippen molar-refractivity contribution in [1.82, 2.24) is 0 Å². The van der Waals surface area contributed by atoms with E-state index in [0.29, 0.717) is 18.3 Å². The maximum Gasteiger partial charge on any atom is 0.187 e. The van der Waals surface area contributed by atoms with Gasteiger partial charge in [0.05, 0.1) is 24.4 Å². The van der Waals surface area contributed by atoms with Crippen LogP contribution in [0.25, 0.3) is 0 Å². The number of aliphatic hydroxyl groups is 6.